The van der Waals surface area contributed by atoms with Crippen LogP contribution in [0, 0.1) is 5.92 Å². The summed E-state index contributed by atoms with van der Waals surface area (Å²) in [5.74, 6) is 0.371. The first kappa shape index (κ1) is 7.62. The lowest BCUT2D eigenvalue weighted by atomic mass is 10.1. The number of rotatable bonds is 0. The summed E-state index contributed by atoms with van der Waals surface area (Å²) in [7, 11) is 0. The topological polar surface area (TPSA) is 0 Å². The van der Waals surface area contributed by atoms with Gasteiger partial charge in [0.2, 0.25) is 0 Å². The van der Waals surface area contributed by atoms with E-state index in [9.17, 15) is 0 Å². The zero-order valence-electron chi connectivity index (χ0n) is 6.26. The third kappa shape index (κ3) is 1.74. The van der Waals surface area contributed by atoms with Crippen molar-refractivity contribution >= 4 is 11.6 Å². The van der Waals surface area contributed by atoms with Gasteiger partial charge in [-0.3, -0.25) is 0 Å². The molecule has 0 spiro atoms. The largest absolute Gasteiger partial charge is 0.0885 e. The highest BCUT2D eigenvalue weighted by Crippen LogP contribution is 2.20. The first-order chi connectivity index (χ1) is 4.70. The van der Waals surface area contributed by atoms with Crippen LogP contribution in [0.15, 0.2) is 34.9 Å². The number of allylic oxidation sites excluding steroid dienone is 6. The summed E-state index contributed by atoms with van der Waals surface area (Å²) < 4.78 is 0. The monoisotopic (exact) mass is 154 g/mol. The van der Waals surface area contributed by atoms with Crippen molar-refractivity contribution in [3.8, 4) is 0 Å². The van der Waals surface area contributed by atoms with Crippen LogP contribution in [0.4, 0.5) is 0 Å². The molecule has 10 heavy (non-hydrogen) atoms. The Labute approximate surface area is 66.9 Å². The van der Waals surface area contributed by atoms with Gasteiger partial charge < -0.3 is 0 Å². The van der Waals surface area contributed by atoms with E-state index in [1.54, 1.807) is 0 Å². The van der Waals surface area contributed by atoms with E-state index in [1.165, 1.54) is 5.57 Å². The molecule has 1 unspecified atom stereocenters. The van der Waals surface area contributed by atoms with Gasteiger partial charge in [-0.2, -0.15) is 0 Å². The molecule has 0 saturated heterocycles. The highest BCUT2D eigenvalue weighted by molar-refractivity contribution is 6.30. The fourth-order valence-corrected chi connectivity index (χ4v) is 1.11. The van der Waals surface area contributed by atoms with Crippen molar-refractivity contribution in [2.75, 3.05) is 0 Å². The van der Waals surface area contributed by atoms with Gasteiger partial charge in [0.25, 0.3) is 0 Å². The molecule has 0 nitrogen and oxygen atoms in total. The number of halogens is 1. The van der Waals surface area contributed by atoms with Crippen molar-refractivity contribution in [1.82, 2.24) is 0 Å². The van der Waals surface area contributed by atoms with Crippen LogP contribution < -0.4 is 0 Å². The fraction of sp³-hybridized carbons (Fsp3) is 0.333. The second kappa shape index (κ2) is 3.07. The van der Waals surface area contributed by atoms with Crippen LogP contribution in [0.5, 0.6) is 0 Å². The zero-order valence-corrected chi connectivity index (χ0v) is 7.02. The molecule has 1 aliphatic rings. The van der Waals surface area contributed by atoms with Crippen LogP contribution in [0.25, 0.3) is 0 Å². The lowest BCUT2D eigenvalue weighted by Crippen LogP contribution is -1.86. The summed E-state index contributed by atoms with van der Waals surface area (Å²) in [6.07, 6.45) is 8.21. The molecule has 0 aliphatic heterocycles. The normalized spacial score (nSPS) is 25.3. The average Bonchev–Trinajstić information content (AvgIpc) is 1.96. The average molecular weight is 155 g/mol. The van der Waals surface area contributed by atoms with Crippen LogP contribution in [0.3, 0.4) is 0 Å². The van der Waals surface area contributed by atoms with E-state index in [4.69, 9.17) is 11.6 Å². The summed E-state index contributed by atoms with van der Waals surface area (Å²) in [4.78, 5) is 0. The van der Waals surface area contributed by atoms with E-state index < -0.39 is 0 Å². The van der Waals surface area contributed by atoms with Crippen molar-refractivity contribution in [3.05, 3.63) is 34.9 Å². The summed E-state index contributed by atoms with van der Waals surface area (Å²) in [5, 5.41) is 0.919. The number of hydrogen-bond acceptors (Lipinski definition) is 0. The van der Waals surface area contributed by atoms with Gasteiger partial charge in [0.15, 0.2) is 0 Å². The first-order valence-corrected chi connectivity index (χ1v) is 3.80. The van der Waals surface area contributed by atoms with Gasteiger partial charge in [0, 0.05) is 11.0 Å². The number of hydrogen-bond donors (Lipinski definition) is 0. The molecule has 0 amide bonds. The van der Waals surface area contributed by atoms with Gasteiger partial charge >= 0.3 is 0 Å². The Morgan fingerprint density at radius 2 is 2.20 bits per heavy atom. The van der Waals surface area contributed by atoms with E-state index in [-0.39, 0.29) is 0 Å². The Hall–Kier alpha value is -0.490. The Morgan fingerprint density at radius 1 is 1.50 bits per heavy atom. The SMILES string of the molecule is CC1=CC=CC(C)C(Cl)=C1. The minimum absolute atomic E-state index is 0.371. The van der Waals surface area contributed by atoms with Crippen molar-refractivity contribution in [1.29, 1.82) is 0 Å². The standard InChI is InChI=1S/C9H11Cl/c1-7-4-3-5-8(2)9(10)6-7/h3-6,8H,1-2H3. The van der Waals surface area contributed by atoms with Crippen LogP contribution in [-0.4, -0.2) is 0 Å². The molecule has 1 aliphatic carbocycles. The Morgan fingerprint density at radius 3 is 2.90 bits per heavy atom. The van der Waals surface area contributed by atoms with Crippen molar-refractivity contribution < 1.29 is 0 Å². The molecule has 1 heteroatoms. The van der Waals surface area contributed by atoms with Crippen molar-refractivity contribution in [2.45, 2.75) is 13.8 Å². The highest BCUT2D eigenvalue weighted by atomic mass is 35.5. The maximum Gasteiger partial charge on any atom is 0.0249 e. The van der Waals surface area contributed by atoms with Crippen LogP contribution in [-0.2, 0) is 0 Å². The molecular formula is C9H11Cl. The Kier molecular flexibility index (Phi) is 2.34. The molecule has 0 aromatic carbocycles. The summed E-state index contributed by atoms with van der Waals surface area (Å²) in [6, 6.07) is 0. The molecule has 54 valence electrons. The predicted molar refractivity (Wildman–Crippen MR) is 46.0 cm³/mol. The third-order valence-corrected chi connectivity index (χ3v) is 2.01. The van der Waals surface area contributed by atoms with Crippen LogP contribution >= 0.6 is 11.6 Å². The van der Waals surface area contributed by atoms with Crippen LogP contribution in [0.1, 0.15) is 13.8 Å². The molecule has 0 aromatic rings. The first-order valence-electron chi connectivity index (χ1n) is 3.42. The lowest BCUT2D eigenvalue weighted by Gasteiger charge is -2.00. The molecule has 0 N–H and O–H groups in total. The Bertz CT molecular complexity index is 209. The Balaban J connectivity index is 2.90. The summed E-state index contributed by atoms with van der Waals surface area (Å²) in [6.45, 7) is 4.13. The third-order valence-electron chi connectivity index (χ3n) is 1.56. The molecular weight excluding hydrogens is 144 g/mol. The highest BCUT2D eigenvalue weighted by Gasteiger charge is 2.02. The molecule has 1 atom stereocenters. The maximum atomic E-state index is 5.94. The van der Waals surface area contributed by atoms with Crippen LogP contribution in [0.2, 0.25) is 0 Å². The second-order valence-corrected chi connectivity index (χ2v) is 3.05. The van der Waals surface area contributed by atoms with E-state index in [2.05, 4.69) is 19.1 Å². The lowest BCUT2D eigenvalue weighted by molar-refractivity contribution is 0.920. The second-order valence-electron chi connectivity index (χ2n) is 2.61. The maximum absolute atomic E-state index is 5.94. The zero-order chi connectivity index (χ0) is 7.56. The van der Waals surface area contributed by atoms with Gasteiger partial charge in [-0.15, -0.1) is 0 Å². The van der Waals surface area contributed by atoms with Gasteiger partial charge in [-0.1, -0.05) is 36.8 Å². The molecule has 0 aromatic heterocycles. The molecule has 0 radical (unpaired) electrons. The predicted octanol–water partition coefficient (Wildman–Crippen LogP) is 3.26. The molecule has 0 fully saturated rings. The molecule has 0 saturated carbocycles. The quantitative estimate of drug-likeness (QED) is 0.503. The van der Waals surface area contributed by atoms with Crippen molar-refractivity contribution in [2.24, 2.45) is 5.92 Å². The van der Waals surface area contributed by atoms with Gasteiger partial charge in [0.05, 0.1) is 0 Å². The molecule has 0 bridgehead atoms. The van der Waals surface area contributed by atoms with Gasteiger partial charge in [-0.05, 0) is 18.6 Å². The molecule has 1 rings (SSSR count). The smallest absolute Gasteiger partial charge is 0.0249 e. The molecule has 0 heterocycles. The van der Waals surface area contributed by atoms with E-state index in [0.29, 0.717) is 5.92 Å². The van der Waals surface area contributed by atoms with Crippen molar-refractivity contribution in [3.63, 3.8) is 0 Å². The minimum Gasteiger partial charge on any atom is -0.0885 e. The van der Waals surface area contributed by atoms with E-state index in [0.717, 1.165) is 5.03 Å². The minimum atomic E-state index is 0.371. The summed E-state index contributed by atoms with van der Waals surface area (Å²) >= 11 is 5.94. The van der Waals surface area contributed by atoms with E-state index in [1.807, 2.05) is 19.1 Å². The van der Waals surface area contributed by atoms with Gasteiger partial charge in [-0.25, -0.2) is 0 Å². The fourth-order valence-electron chi connectivity index (χ4n) is 0.863. The summed E-state index contributed by atoms with van der Waals surface area (Å²) in [5.41, 5.74) is 1.21. The van der Waals surface area contributed by atoms with E-state index >= 15 is 0 Å². The van der Waals surface area contributed by atoms with Gasteiger partial charge in [0.1, 0.15) is 0 Å².